The maximum absolute atomic E-state index is 6.08. The summed E-state index contributed by atoms with van der Waals surface area (Å²) in [4.78, 5) is 0. The summed E-state index contributed by atoms with van der Waals surface area (Å²) in [6.45, 7) is 4.21. The first kappa shape index (κ1) is 9.84. The second kappa shape index (κ2) is 2.89. The lowest BCUT2D eigenvalue weighted by molar-refractivity contribution is -0.0572. The lowest BCUT2D eigenvalue weighted by atomic mass is 9.85. The molecule has 1 fully saturated rings. The van der Waals surface area contributed by atoms with E-state index in [-0.39, 0.29) is 11.2 Å². The monoisotopic (exact) mass is 198 g/mol. The van der Waals surface area contributed by atoms with E-state index in [9.17, 15) is 0 Å². The van der Waals surface area contributed by atoms with Crippen LogP contribution in [0.2, 0.25) is 0 Å². The highest BCUT2D eigenvalue weighted by Crippen LogP contribution is 2.55. The van der Waals surface area contributed by atoms with Crippen LogP contribution in [0.3, 0.4) is 0 Å². The van der Waals surface area contributed by atoms with Gasteiger partial charge in [-0.05, 0) is 26.2 Å². The summed E-state index contributed by atoms with van der Waals surface area (Å²) in [5.74, 6) is 1.78. The van der Waals surface area contributed by atoms with Crippen LogP contribution < -0.4 is 0 Å². The van der Waals surface area contributed by atoms with E-state index < -0.39 is 0 Å². The lowest BCUT2D eigenvalue weighted by Crippen LogP contribution is -2.28. The van der Waals surface area contributed by atoms with E-state index in [1.165, 1.54) is 0 Å². The molecule has 3 nitrogen and oxygen atoms in total. The summed E-state index contributed by atoms with van der Waals surface area (Å²) < 4.78 is 16.9. The Labute approximate surface area is 85.0 Å². The topological polar surface area (TPSA) is 27.7 Å². The van der Waals surface area contributed by atoms with Crippen molar-refractivity contribution >= 4 is 0 Å². The van der Waals surface area contributed by atoms with Gasteiger partial charge in [-0.15, -0.1) is 0 Å². The number of ether oxygens (including phenoxy) is 3. The third-order valence-corrected chi connectivity index (χ3v) is 3.51. The number of fused-ring (bicyclic) bond motifs is 2. The molecule has 0 amide bonds. The summed E-state index contributed by atoms with van der Waals surface area (Å²) in [6, 6.07) is 0. The molecule has 3 heteroatoms. The molecule has 2 heterocycles. The maximum Gasteiger partial charge on any atom is 0.168 e. The Kier molecular flexibility index (Phi) is 2.03. The molecular weight excluding hydrogens is 180 g/mol. The van der Waals surface area contributed by atoms with E-state index in [1.807, 2.05) is 0 Å². The van der Waals surface area contributed by atoms with E-state index in [0.29, 0.717) is 0 Å². The standard InChI is InChI=1S/C11H18O3/c1-5-11-7-6-10(2,14-11)8(12-3)9(11)13-4/h5-7H2,1-4H3. The number of hydrogen-bond acceptors (Lipinski definition) is 3. The van der Waals surface area contributed by atoms with E-state index in [4.69, 9.17) is 14.2 Å². The van der Waals surface area contributed by atoms with E-state index >= 15 is 0 Å². The molecule has 0 saturated carbocycles. The van der Waals surface area contributed by atoms with Crippen molar-refractivity contribution in [3.8, 4) is 0 Å². The number of methoxy groups -OCH3 is 2. The van der Waals surface area contributed by atoms with Gasteiger partial charge in [0, 0.05) is 0 Å². The minimum atomic E-state index is -0.254. The van der Waals surface area contributed by atoms with Crippen molar-refractivity contribution in [1.29, 1.82) is 0 Å². The Hall–Kier alpha value is -0.700. The Morgan fingerprint density at radius 1 is 1.21 bits per heavy atom. The van der Waals surface area contributed by atoms with Gasteiger partial charge >= 0.3 is 0 Å². The molecule has 2 aliphatic heterocycles. The quantitative estimate of drug-likeness (QED) is 0.696. The van der Waals surface area contributed by atoms with Crippen molar-refractivity contribution in [3.63, 3.8) is 0 Å². The second-order valence-electron chi connectivity index (χ2n) is 4.25. The maximum atomic E-state index is 6.08. The molecule has 2 atom stereocenters. The van der Waals surface area contributed by atoms with Gasteiger partial charge in [0.1, 0.15) is 11.2 Å². The summed E-state index contributed by atoms with van der Waals surface area (Å²) >= 11 is 0. The summed E-state index contributed by atoms with van der Waals surface area (Å²) in [6.07, 6.45) is 3.01. The molecule has 2 aliphatic rings. The van der Waals surface area contributed by atoms with Gasteiger partial charge in [0.25, 0.3) is 0 Å². The molecule has 0 radical (unpaired) electrons. The van der Waals surface area contributed by atoms with Crippen LogP contribution in [0.25, 0.3) is 0 Å². The van der Waals surface area contributed by atoms with Crippen molar-refractivity contribution in [1.82, 2.24) is 0 Å². The first-order valence-corrected chi connectivity index (χ1v) is 5.15. The Balaban J connectivity index is 2.47. The summed E-state index contributed by atoms with van der Waals surface area (Å²) in [5, 5.41) is 0. The van der Waals surface area contributed by atoms with Gasteiger partial charge in [0.05, 0.1) is 14.2 Å². The van der Waals surface area contributed by atoms with Crippen molar-refractivity contribution in [3.05, 3.63) is 11.5 Å². The third kappa shape index (κ3) is 0.962. The minimum Gasteiger partial charge on any atom is -0.494 e. The molecule has 0 aromatic rings. The lowest BCUT2D eigenvalue weighted by Gasteiger charge is -2.25. The fraction of sp³-hybridized carbons (Fsp3) is 0.818. The van der Waals surface area contributed by atoms with Gasteiger partial charge in [0.15, 0.2) is 11.5 Å². The van der Waals surface area contributed by atoms with Crippen molar-refractivity contribution < 1.29 is 14.2 Å². The van der Waals surface area contributed by atoms with Crippen LogP contribution in [0.1, 0.15) is 33.1 Å². The molecular formula is C11H18O3. The SMILES string of the molecule is CCC12CCC(C)(O1)C(OC)=C2OC. The van der Waals surface area contributed by atoms with Crippen LogP contribution in [-0.2, 0) is 14.2 Å². The molecule has 2 bridgehead atoms. The molecule has 1 saturated heterocycles. The third-order valence-electron chi connectivity index (χ3n) is 3.51. The highest BCUT2D eigenvalue weighted by Gasteiger charge is 2.60. The van der Waals surface area contributed by atoms with E-state index in [0.717, 1.165) is 30.8 Å². The first-order chi connectivity index (χ1) is 6.62. The Morgan fingerprint density at radius 2 is 1.86 bits per heavy atom. The second-order valence-corrected chi connectivity index (χ2v) is 4.25. The minimum absolute atomic E-state index is 0.213. The zero-order valence-corrected chi connectivity index (χ0v) is 9.35. The Morgan fingerprint density at radius 3 is 2.36 bits per heavy atom. The highest BCUT2D eigenvalue weighted by molar-refractivity contribution is 5.33. The molecule has 2 rings (SSSR count). The van der Waals surface area contributed by atoms with Gasteiger partial charge in [-0.25, -0.2) is 0 Å². The van der Waals surface area contributed by atoms with Crippen LogP contribution in [0.5, 0.6) is 0 Å². The molecule has 0 N–H and O–H groups in total. The van der Waals surface area contributed by atoms with Crippen LogP contribution in [0.4, 0.5) is 0 Å². The number of rotatable bonds is 3. The fourth-order valence-electron chi connectivity index (χ4n) is 2.74. The van der Waals surface area contributed by atoms with E-state index in [1.54, 1.807) is 14.2 Å². The van der Waals surface area contributed by atoms with Crippen molar-refractivity contribution in [2.45, 2.75) is 44.3 Å². The van der Waals surface area contributed by atoms with Gasteiger partial charge in [0.2, 0.25) is 0 Å². The summed E-state index contributed by atoms with van der Waals surface area (Å²) in [7, 11) is 3.38. The van der Waals surface area contributed by atoms with Gasteiger partial charge in [-0.1, -0.05) is 6.92 Å². The normalized spacial score (nSPS) is 40.6. The number of hydrogen-bond donors (Lipinski definition) is 0. The summed E-state index contributed by atoms with van der Waals surface area (Å²) in [5.41, 5.74) is -0.467. The fourth-order valence-corrected chi connectivity index (χ4v) is 2.74. The van der Waals surface area contributed by atoms with Crippen LogP contribution >= 0.6 is 0 Å². The zero-order valence-electron chi connectivity index (χ0n) is 9.35. The molecule has 14 heavy (non-hydrogen) atoms. The van der Waals surface area contributed by atoms with Crippen LogP contribution in [-0.4, -0.2) is 25.4 Å². The highest BCUT2D eigenvalue weighted by atomic mass is 16.6. The molecule has 0 aromatic heterocycles. The van der Waals surface area contributed by atoms with Crippen LogP contribution in [0, 0.1) is 0 Å². The molecule has 0 aromatic carbocycles. The Bertz CT molecular complexity index is 284. The predicted octanol–water partition coefficient (Wildman–Crippen LogP) is 2.22. The largest absolute Gasteiger partial charge is 0.494 e. The van der Waals surface area contributed by atoms with Crippen molar-refractivity contribution in [2.24, 2.45) is 0 Å². The zero-order chi connectivity index (χ0) is 10.4. The van der Waals surface area contributed by atoms with Crippen LogP contribution in [0.15, 0.2) is 11.5 Å². The van der Waals surface area contributed by atoms with E-state index in [2.05, 4.69) is 13.8 Å². The average Bonchev–Trinajstić information content (AvgIpc) is 2.65. The first-order valence-electron chi connectivity index (χ1n) is 5.15. The molecule has 80 valence electrons. The molecule has 0 spiro atoms. The predicted molar refractivity (Wildman–Crippen MR) is 52.8 cm³/mol. The molecule has 2 unspecified atom stereocenters. The average molecular weight is 198 g/mol. The van der Waals surface area contributed by atoms with Crippen molar-refractivity contribution in [2.75, 3.05) is 14.2 Å². The smallest absolute Gasteiger partial charge is 0.168 e. The molecule has 0 aliphatic carbocycles. The van der Waals surface area contributed by atoms with Gasteiger partial charge in [-0.2, -0.15) is 0 Å². The van der Waals surface area contributed by atoms with Gasteiger partial charge < -0.3 is 14.2 Å². The van der Waals surface area contributed by atoms with Gasteiger partial charge in [-0.3, -0.25) is 0 Å².